The first-order valence-corrected chi connectivity index (χ1v) is 9.53. The van der Waals surface area contributed by atoms with E-state index in [2.05, 4.69) is 27.6 Å². The van der Waals surface area contributed by atoms with Crippen LogP contribution in [-0.2, 0) is 14.2 Å². The van der Waals surface area contributed by atoms with Crippen LogP contribution in [0.1, 0.15) is 25.7 Å². The molecule has 0 spiro atoms. The van der Waals surface area contributed by atoms with Crippen molar-refractivity contribution in [3.8, 4) is 0 Å². The Balaban J connectivity index is 1.95. The van der Waals surface area contributed by atoms with Gasteiger partial charge in [0.2, 0.25) is 0 Å². The fraction of sp³-hybridized carbons (Fsp3) is 0.944. The van der Waals surface area contributed by atoms with Crippen LogP contribution in [0, 0.1) is 5.92 Å². The Bertz CT molecular complexity index is 336. The van der Waals surface area contributed by atoms with Gasteiger partial charge in [-0.1, -0.05) is 0 Å². The highest BCUT2D eigenvalue weighted by molar-refractivity contribution is 5.79. The topological polar surface area (TPSA) is 67.4 Å². The average molecular weight is 359 g/mol. The molecule has 1 fully saturated rings. The maximum Gasteiger partial charge on any atom is 0.191 e. The molecule has 1 aliphatic rings. The Hall–Kier alpha value is -0.890. The zero-order valence-corrected chi connectivity index (χ0v) is 16.4. The number of nitrogens with one attached hydrogen (secondary N) is 2. The molecule has 0 bridgehead atoms. The van der Waals surface area contributed by atoms with Crippen LogP contribution in [0.2, 0.25) is 0 Å². The number of ether oxygens (including phenoxy) is 3. The van der Waals surface area contributed by atoms with Crippen LogP contribution in [0.3, 0.4) is 0 Å². The minimum absolute atomic E-state index is 0.678. The van der Waals surface area contributed by atoms with E-state index < -0.39 is 0 Å². The van der Waals surface area contributed by atoms with Crippen molar-refractivity contribution in [2.45, 2.75) is 25.7 Å². The van der Waals surface area contributed by atoms with Crippen molar-refractivity contribution < 1.29 is 14.2 Å². The summed E-state index contributed by atoms with van der Waals surface area (Å²) in [5.41, 5.74) is 0. The first-order valence-electron chi connectivity index (χ1n) is 9.53. The predicted octanol–water partition coefficient (Wildman–Crippen LogP) is 0.953. The molecule has 2 N–H and O–H groups in total. The SMILES string of the molecule is CN=C(NCCCOCC1CCOCC1)NCCN(C)CCCOC. The van der Waals surface area contributed by atoms with Gasteiger partial charge in [0.05, 0.1) is 0 Å². The summed E-state index contributed by atoms with van der Waals surface area (Å²) in [6.07, 6.45) is 4.32. The van der Waals surface area contributed by atoms with Crippen LogP contribution < -0.4 is 10.6 Å². The zero-order valence-electron chi connectivity index (χ0n) is 16.4. The summed E-state index contributed by atoms with van der Waals surface area (Å²) >= 11 is 0. The second-order valence-electron chi connectivity index (χ2n) is 6.56. The summed E-state index contributed by atoms with van der Waals surface area (Å²) in [6.45, 7) is 8.04. The smallest absolute Gasteiger partial charge is 0.191 e. The van der Waals surface area contributed by atoms with Crippen molar-refractivity contribution in [3.63, 3.8) is 0 Å². The number of likely N-dealkylation sites (N-methyl/N-ethyl adjacent to an activating group) is 1. The summed E-state index contributed by atoms with van der Waals surface area (Å²) in [5, 5.41) is 6.68. The third-order valence-corrected chi connectivity index (χ3v) is 4.35. The van der Waals surface area contributed by atoms with E-state index in [1.807, 2.05) is 0 Å². The lowest BCUT2D eigenvalue weighted by Crippen LogP contribution is -2.41. The highest BCUT2D eigenvalue weighted by Crippen LogP contribution is 2.14. The first-order chi connectivity index (χ1) is 12.3. The fourth-order valence-corrected chi connectivity index (χ4v) is 2.72. The molecule has 0 aliphatic carbocycles. The molecule has 7 nitrogen and oxygen atoms in total. The Kier molecular flexibility index (Phi) is 13.6. The molecule has 7 heteroatoms. The molecule has 0 aromatic carbocycles. The molecule has 0 atom stereocenters. The Morgan fingerprint density at radius 1 is 1.12 bits per heavy atom. The lowest BCUT2D eigenvalue weighted by molar-refractivity contribution is 0.0203. The Morgan fingerprint density at radius 2 is 1.88 bits per heavy atom. The number of hydrogen-bond acceptors (Lipinski definition) is 5. The lowest BCUT2D eigenvalue weighted by atomic mass is 10.0. The fourth-order valence-electron chi connectivity index (χ4n) is 2.72. The largest absolute Gasteiger partial charge is 0.385 e. The van der Waals surface area contributed by atoms with Gasteiger partial charge in [-0.05, 0) is 38.6 Å². The number of rotatable bonds is 13. The first kappa shape index (κ1) is 22.2. The molecule has 1 aliphatic heterocycles. The quantitative estimate of drug-likeness (QED) is 0.290. The normalized spacial score (nSPS) is 16.4. The minimum atomic E-state index is 0.678. The van der Waals surface area contributed by atoms with E-state index in [0.717, 1.165) is 90.9 Å². The van der Waals surface area contributed by atoms with Crippen LogP contribution in [0.25, 0.3) is 0 Å². The number of methoxy groups -OCH3 is 1. The van der Waals surface area contributed by atoms with Gasteiger partial charge in [-0.25, -0.2) is 0 Å². The molecule has 0 radical (unpaired) electrons. The maximum absolute atomic E-state index is 5.78. The molecular weight excluding hydrogens is 320 g/mol. The molecule has 1 saturated heterocycles. The van der Waals surface area contributed by atoms with Crippen LogP contribution in [-0.4, -0.2) is 91.3 Å². The standard InChI is InChI=1S/C18H38N4O3/c1-19-18(21-9-11-22(2)10-5-12-23-3)20-8-4-13-25-16-17-6-14-24-15-7-17/h17H,4-16H2,1-3H3,(H2,19,20,21). The van der Waals surface area contributed by atoms with Gasteiger partial charge in [0, 0.05) is 73.4 Å². The number of nitrogens with zero attached hydrogens (tertiary/aromatic N) is 2. The van der Waals surface area contributed by atoms with Gasteiger partial charge in [-0.2, -0.15) is 0 Å². The monoisotopic (exact) mass is 358 g/mol. The third-order valence-electron chi connectivity index (χ3n) is 4.35. The molecule has 148 valence electrons. The number of guanidine groups is 1. The second-order valence-corrected chi connectivity index (χ2v) is 6.56. The Morgan fingerprint density at radius 3 is 2.60 bits per heavy atom. The van der Waals surface area contributed by atoms with Gasteiger partial charge < -0.3 is 29.7 Å². The lowest BCUT2D eigenvalue weighted by Gasteiger charge is -2.21. The van der Waals surface area contributed by atoms with E-state index in [9.17, 15) is 0 Å². The molecule has 0 saturated carbocycles. The van der Waals surface area contributed by atoms with E-state index in [-0.39, 0.29) is 0 Å². The minimum Gasteiger partial charge on any atom is -0.385 e. The van der Waals surface area contributed by atoms with Gasteiger partial charge in [0.15, 0.2) is 5.96 Å². The van der Waals surface area contributed by atoms with E-state index in [0.29, 0.717) is 5.92 Å². The van der Waals surface area contributed by atoms with Gasteiger partial charge >= 0.3 is 0 Å². The molecular formula is C18H38N4O3. The van der Waals surface area contributed by atoms with Gasteiger partial charge in [-0.3, -0.25) is 4.99 Å². The molecule has 1 rings (SSSR count). The highest BCUT2D eigenvalue weighted by Gasteiger charge is 2.13. The van der Waals surface area contributed by atoms with Gasteiger partial charge in [-0.15, -0.1) is 0 Å². The van der Waals surface area contributed by atoms with Crippen LogP contribution >= 0.6 is 0 Å². The molecule has 1 heterocycles. The van der Waals surface area contributed by atoms with Crippen molar-refractivity contribution in [1.29, 1.82) is 0 Å². The van der Waals surface area contributed by atoms with E-state index in [4.69, 9.17) is 14.2 Å². The van der Waals surface area contributed by atoms with Crippen molar-refractivity contribution in [1.82, 2.24) is 15.5 Å². The summed E-state index contributed by atoms with van der Waals surface area (Å²) < 4.78 is 16.2. The molecule has 25 heavy (non-hydrogen) atoms. The van der Waals surface area contributed by atoms with E-state index in [1.165, 1.54) is 0 Å². The van der Waals surface area contributed by atoms with Crippen LogP contribution in [0.4, 0.5) is 0 Å². The molecule has 0 aromatic rings. The van der Waals surface area contributed by atoms with Crippen LogP contribution in [0.5, 0.6) is 0 Å². The van der Waals surface area contributed by atoms with Gasteiger partial charge in [0.25, 0.3) is 0 Å². The van der Waals surface area contributed by atoms with Crippen LogP contribution in [0.15, 0.2) is 4.99 Å². The number of hydrogen-bond donors (Lipinski definition) is 2. The zero-order chi connectivity index (χ0) is 18.2. The summed E-state index contributed by atoms with van der Waals surface area (Å²) in [7, 11) is 5.68. The second kappa shape index (κ2) is 15.4. The van der Waals surface area contributed by atoms with Crippen molar-refractivity contribution in [2.24, 2.45) is 10.9 Å². The summed E-state index contributed by atoms with van der Waals surface area (Å²) in [6, 6.07) is 0. The highest BCUT2D eigenvalue weighted by atomic mass is 16.5. The summed E-state index contributed by atoms with van der Waals surface area (Å²) in [5.74, 6) is 1.53. The molecule has 0 unspecified atom stereocenters. The van der Waals surface area contributed by atoms with Crippen molar-refractivity contribution >= 4 is 5.96 Å². The summed E-state index contributed by atoms with van der Waals surface area (Å²) in [4.78, 5) is 6.55. The average Bonchev–Trinajstić information content (AvgIpc) is 2.64. The van der Waals surface area contributed by atoms with Gasteiger partial charge in [0.1, 0.15) is 0 Å². The van der Waals surface area contributed by atoms with Crippen molar-refractivity contribution in [3.05, 3.63) is 0 Å². The maximum atomic E-state index is 5.78. The van der Waals surface area contributed by atoms with E-state index >= 15 is 0 Å². The predicted molar refractivity (Wildman–Crippen MR) is 102 cm³/mol. The third kappa shape index (κ3) is 12.2. The van der Waals surface area contributed by atoms with Crippen molar-refractivity contribution in [2.75, 3.05) is 80.4 Å². The number of aliphatic imine (C=N–C) groups is 1. The van der Waals surface area contributed by atoms with E-state index in [1.54, 1.807) is 14.2 Å². The Labute approximate surface area is 153 Å². The molecule has 0 aromatic heterocycles. The molecule has 0 amide bonds.